The van der Waals surface area contributed by atoms with Crippen molar-refractivity contribution in [2.24, 2.45) is 5.92 Å². The number of hydrogen-bond donors (Lipinski definition) is 1. The molecule has 0 saturated carbocycles. The number of carbonyl (C=O) groups excluding carboxylic acids is 2. The molecule has 0 aliphatic rings. The van der Waals surface area contributed by atoms with Crippen molar-refractivity contribution in [2.45, 2.75) is 32.9 Å². The van der Waals surface area contributed by atoms with E-state index in [0.717, 1.165) is 12.7 Å². The molecule has 0 saturated heterocycles. The fourth-order valence-electron chi connectivity index (χ4n) is 1.98. The van der Waals surface area contributed by atoms with Gasteiger partial charge in [-0.05, 0) is 17.9 Å². The number of methoxy groups -OCH3 is 1. The van der Waals surface area contributed by atoms with Gasteiger partial charge in [-0.25, -0.2) is 14.4 Å². The summed E-state index contributed by atoms with van der Waals surface area (Å²) in [5, 5.41) is 9.31. The van der Waals surface area contributed by atoms with Gasteiger partial charge in [-0.1, -0.05) is 44.2 Å². The standard InChI is InChI=1S/C16H21NO6/c1-11(2)9-13(14(18)19)17(15(20)22-3)16(21)23-10-12-7-5-4-6-8-12/h4-8,11,13H,9-10H2,1-3H3,(H,18,19)/t13-/m0/s1. The zero-order valence-electron chi connectivity index (χ0n) is 13.4. The Kier molecular flexibility index (Phi) is 7.05. The van der Waals surface area contributed by atoms with E-state index in [9.17, 15) is 19.5 Å². The molecule has 1 rings (SSSR count). The van der Waals surface area contributed by atoms with Crippen LogP contribution in [0.15, 0.2) is 30.3 Å². The summed E-state index contributed by atoms with van der Waals surface area (Å²) in [6, 6.07) is 7.53. The van der Waals surface area contributed by atoms with Gasteiger partial charge in [0.15, 0.2) is 0 Å². The third kappa shape index (κ3) is 5.61. The molecule has 0 radical (unpaired) electrons. The number of benzene rings is 1. The molecule has 2 amide bonds. The summed E-state index contributed by atoms with van der Waals surface area (Å²) in [5.41, 5.74) is 0.724. The summed E-state index contributed by atoms with van der Waals surface area (Å²) in [4.78, 5) is 35.9. The highest BCUT2D eigenvalue weighted by Crippen LogP contribution is 2.15. The van der Waals surface area contributed by atoms with Gasteiger partial charge in [0, 0.05) is 0 Å². The van der Waals surface area contributed by atoms with Crippen molar-refractivity contribution in [2.75, 3.05) is 7.11 Å². The Labute approximate surface area is 134 Å². The van der Waals surface area contributed by atoms with Crippen molar-refractivity contribution in [1.82, 2.24) is 4.90 Å². The number of carbonyl (C=O) groups is 3. The van der Waals surface area contributed by atoms with Crippen molar-refractivity contribution in [3.63, 3.8) is 0 Å². The molecule has 0 aliphatic carbocycles. The van der Waals surface area contributed by atoms with E-state index in [2.05, 4.69) is 4.74 Å². The Hall–Kier alpha value is -2.57. The number of amides is 2. The second-order valence-corrected chi connectivity index (χ2v) is 5.36. The van der Waals surface area contributed by atoms with E-state index in [4.69, 9.17) is 4.74 Å². The van der Waals surface area contributed by atoms with Gasteiger partial charge in [-0.15, -0.1) is 0 Å². The van der Waals surface area contributed by atoms with Crippen molar-refractivity contribution >= 4 is 18.2 Å². The lowest BCUT2D eigenvalue weighted by Gasteiger charge is -2.26. The maximum Gasteiger partial charge on any atom is 0.420 e. The second kappa shape index (κ2) is 8.77. The number of ether oxygens (including phenoxy) is 2. The highest BCUT2D eigenvalue weighted by Gasteiger charge is 2.37. The summed E-state index contributed by atoms with van der Waals surface area (Å²) < 4.78 is 9.57. The zero-order valence-corrected chi connectivity index (χ0v) is 13.4. The maximum atomic E-state index is 12.2. The van der Waals surface area contributed by atoms with Crippen molar-refractivity contribution in [3.05, 3.63) is 35.9 Å². The van der Waals surface area contributed by atoms with Crippen molar-refractivity contribution < 1.29 is 29.0 Å². The minimum atomic E-state index is -1.34. The molecule has 1 atom stereocenters. The fourth-order valence-corrected chi connectivity index (χ4v) is 1.98. The Morgan fingerprint density at radius 3 is 2.22 bits per heavy atom. The number of imide groups is 1. The van der Waals surface area contributed by atoms with E-state index in [0.29, 0.717) is 4.90 Å². The third-order valence-electron chi connectivity index (χ3n) is 3.06. The summed E-state index contributed by atoms with van der Waals surface area (Å²) >= 11 is 0. The van der Waals surface area contributed by atoms with Gasteiger partial charge in [0.2, 0.25) is 0 Å². The molecule has 126 valence electrons. The molecule has 1 N–H and O–H groups in total. The first-order valence-corrected chi connectivity index (χ1v) is 7.17. The van der Waals surface area contributed by atoms with Gasteiger partial charge in [0.25, 0.3) is 0 Å². The Bertz CT molecular complexity index is 543. The average Bonchev–Trinajstić information content (AvgIpc) is 2.52. The Balaban J connectivity index is 2.88. The van der Waals surface area contributed by atoms with Crippen LogP contribution in [-0.4, -0.2) is 41.3 Å². The predicted octanol–water partition coefficient (Wildman–Crippen LogP) is 2.89. The van der Waals surface area contributed by atoms with Crippen LogP contribution in [0.3, 0.4) is 0 Å². The van der Waals surface area contributed by atoms with Crippen LogP contribution >= 0.6 is 0 Å². The molecular weight excluding hydrogens is 302 g/mol. The molecule has 7 nitrogen and oxygen atoms in total. The lowest BCUT2D eigenvalue weighted by atomic mass is 10.0. The van der Waals surface area contributed by atoms with E-state index < -0.39 is 24.2 Å². The highest BCUT2D eigenvalue weighted by molar-refractivity contribution is 5.93. The zero-order chi connectivity index (χ0) is 17.4. The predicted molar refractivity (Wildman–Crippen MR) is 81.7 cm³/mol. The molecule has 23 heavy (non-hydrogen) atoms. The minimum Gasteiger partial charge on any atom is -0.480 e. The number of nitrogens with zero attached hydrogens (tertiary/aromatic N) is 1. The fraction of sp³-hybridized carbons (Fsp3) is 0.438. The minimum absolute atomic E-state index is 0.0369. The summed E-state index contributed by atoms with van der Waals surface area (Å²) in [7, 11) is 1.08. The number of carboxylic acid groups (broad SMARTS) is 1. The third-order valence-corrected chi connectivity index (χ3v) is 3.06. The molecule has 1 aromatic carbocycles. The average molecular weight is 323 g/mol. The first-order valence-electron chi connectivity index (χ1n) is 7.17. The molecular formula is C16H21NO6. The van der Waals surface area contributed by atoms with E-state index in [1.54, 1.807) is 38.1 Å². The number of carboxylic acids is 1. The van der Waals surface area contributed by atoms with Crippen LogP contribution in [0.4, 0.5) is 9.59 Å². The smallest absolute Gasteiger partial charge is 0.420 e. The van der Waals surface area contributed by atoms with Crippen LogP contribution in [0, 0.1) is 5.92 Å². The molecule has 7 heteroatoms. The van der Waals surface area contributed by atoms with Gasteiger partial charge >= 0.3 is 18.2 Å². The van der Waals surface area contributed by atoms with Crippen LogP contribution in [0.1, 0.15) is 25.8 Å². The van der Waals surface area contributed by atoms with Crippen LogP contribution < -0.4 is 0 Å². The molecule has 0 bridgehead atoms. The lowest BCUT2D eigenvalue weighted by molar-refractivity contribution is -0.142. The molecule has 0 aromatic heterocycles. The normalized spacial score (nSPS) is 11.7. The van der Waals surface area contributed by atoms with Gasteiger partial charge in [0.1, 0.15) is 12.6 Å². The first-order chi connectivity index (χ1) is 10.9. The molecule has 0 heterocycles. The monoisotopic (exact) mass is 323 g/mol. The topological polar surface area (TPSA) is 93.1 Å². The number of aliphatic carboxylic acids is 1. The largest absolute Gasteiger partial charge is 0.480 e. The van der Waals surface area contributed by atoms with E-state index >= 15 is 0 Å². The van der Waals surface area contributed by atoms with Crippen molar-refractivity contribution in [1.29, 1.82) is 0 Å². The quantitative estimate of drug-likeness (QED) is 0.865. The molecule has 1 aromatic rings. The molecule has 0 unspecified atom stereocenters. The number of hydrogen-bond acceptors (Lipinski definition) is 5. The van der Waals surface area contributed by atoms with Crippen molar-refractivity contribution in [3.8, 4) is 0 Å². The highest BCUT2D eigenvalue weighted by atomic mass is 16.6. The molecule has 0 spiro atoms. The summed E-state index contributed by atoms with van der Waals surface area (Å²) in [6.45, 7) is 3.52. The SMILES string of the molecule is COC(=O)N(C(=O)OCc1ccccc1)[C@@H](CC(C)C)C(=O)O. The maximum absolute atomic E-state index is 12.2. The van der Waals surface area contributed by atoms with Gasteiger partial charge in [0.05, 0.1) is 7.11 Å². The summed E-state index contributed by atoms with van der Waals surface area (Å²) in [5.74, 6) is -1.33. The van der Waals surface area contributed by atoms with Gasteiger partial charge in [-0.2, -0.15) is 4.90 Å². The number of rotatable bonds is 6. The Morgan fingerprint density at radius 1 is 1.13 bits per heavy atom. The summed E-state index contributed by atoms with van der Waals surface area (Å²) in [6.07, 6.45) is -2.00. The van der Waals surface area contributed by atoms with Crippen LogP contribution in [-0.2, 0) is 20.9 Å². The van der Waals surface area contributed by atoms with Gasteiger partial charge < -0.3 is 14.6 Å². The molecule has 0 fully saturated rings. The molecule has 0 aliphatic heterocycles. The first kappa shape index (κ1) is 18.5. The van der Waals surface area contributed by atoms with E-state index in [1.165, 1.54) is 0 Å². The second-order valence-electron chi connectivity index (χ2n) is 5.36. The van der Waals surface area contributed by atoms with Crippen LogP contribution in [0.5, 0.6) is 0 Å². The van der Waals surface area contributed by atoms with E-state index in [-0.39, 0.29) is 18.9 Å². The van der Waals surface area contributed by atoms with Crippen LogP contribution in [0.2, 0.25) is 0 Å². The van der Waals surface area contributed by atoms with E-state index in [1.807, 2.05) is 6.07 Å². The van der Waals surface area contributed by atoms with Crippen LogP contribution in [0.25, 0.3) is 0 Å². The van der Waals surface area contributed by atoms with Gasteiger partial charge in [-0.3, -0.25) is 0 Å². The lowest BCUT2D eigenvalue weighted by Crippen LogP contribution is -2.49. The Morgan fingerprint density at radius 2 is 1.74 bits per heavy atom.